The minimum absolute atomic E-state index is 0.0576. The lowest BCUT2D eigenvalue weighted by molar-refractivity contribution is 0.628. The highest BCUT2D eigenvalue weighted by Gasteiger charge is 2.24. The lowest BCUT2D eigenvalue weighted by Gasteiger charge is -2.15. The average molecular weight is 389 g/mol. The van der Waals surface area contributed by atoms with Gasteiger partial charge in [0.25, 0.3) is 5.56 Å². The number of nitrogens with zero attached hydrogens (tertiary/aromatic N) is 2. The molecule has 0 bridgehead atoms. The lowest BCUT2D eigenvalue weighted by atomic mass is 9.92. The molecule has 1 aromatic heterocycles. The van der Waals surface area contributed by atoms with Crippen LogP contribution in [0.1, 0.15) is 43.0 Å². The van der Waals surface area contributed by atoms with Crippen molar-refractivity contribution in [3.05, 3.63) is 87.6 Å². The standard InChI is InChI=1S/C24H24FN3O/c1-4-11-26-18-9-10-19-21(12-18)22-14-28(3)23(29)13-20(22)15(2)27-24(19)16-5-7-17(25)8-6-16/h5-10,12-15,26H,4,11H2,1-3H3/t15-/m0/s1. The fourth-order valence-electron chi connectivity index (χ4n) is 3.74. The number of halogens is 1. The van der Waals surface area contributed by atoms with Crippen molar-refractivity contribution in [3.8, 4) is 11.1 Å². The summed E-state index contributed by atoms with van der Waals surface area (Å²) in [6.07, 6.45) is 2.92. The number of anilines is 1. The molecule has 1 N–H and O–H groups in total. The van der Waals surface area contributed by atoms with Crippen LogP contribution in [0, 0.1) is 5.82 Å². The highest BCUT2D eigenvalue weighted by atomic mass is 19.1. The Labute approximate surface area is 169 Å². The maximum Gasteiger partial charge on any atom is 0.250 e. The number of hydrogen-bond donors (Lipinski definition) is 1. The summed E-state index contributed by atoms with van der Waals surface area (Å²) in [5, 5.41) is 3.44. The lowest BCUT2D eigenvalue weighted by Crippen LogP contribution is -2.17. The van der Waals surface area contributed by atoms with Gasteiger partial charge in [0.05, 0.1) is 11.8 Å². The zero-order chi connectivity index (χ0) is 20.5. The van der Waals surface area contributed by atoms with Gasteiger partial charge in [-0.15, -0.1) is 0 Å². The Hall–Kier alpha value is -3.21. The molecule has 1 aliphatic rings. The van der Waals surface area contributed by atoms with Crippen molar-refractivity contribution in [2.24, 2.45) is 12.0 Å². The van der Waals surface area contributed by atoms with Crippen LogP contribution in [0.4, 0.5) is 10.1 Å². The van der Waals surface area contributed by atoms with Crippen molar-refractivity contribution in [2.75, 3.05) is 11.9 Å². The van der Waals surface area contributed by atoms with Gasteiger partial charge in [0.15, 0.2) is 0 Å². The van der Waals surface area contributed by atoms with Gasteiger partial charge < -0.3 is 9.88 Å². The van der Waals surface area contributed by atoms with Crippen molar-refractivity contribution in [3.63, 3.8) is 0 Å². The molecule has 148 valence electrons. The molecule has 2 heterocycles. The number of benzene rings is 2. The van der Waals surface area contributed by atoms with E-state index in [9.17, 15) is 9.18 Å². The topological polar surface area (TPSA) is 46.4 Å². The fourth-order valence-corrected chi connectivity index (χ4v) is 3.74. The second-order valence-corrected chi connectivity index (χ2v) is 7.44. The summed E-state index contributed by atoms with van der Waals surface area (Å²) in [6.45, 7) is 5.00. The molecule has 0 unspecified atom stereocenters. The molecular weight excluding hydrogens is 365 g/mol. The van der Waals surface area contributed by atoms with Gasteiger partial charge in [-0.05, 0) is 60.9 Å². The number of rotatable bonds is 4. The fraction of sp³-hybridized carbons (Fsp3) is 0.250. The van der Waals surface area contributed by atoms with Crippen LogP contribution < -0.4 is 10.9 Å². The van der Waals surface area contributed by atoms with Crippen LogP contribution in [0.25, 0.3) is 11.1 Å². The molecule has 2 aromatic carbocycles. The van der Waals surface area contributed by atoms with E-state index in [1.165, 1.54) is 12.1 Å². The molecule has 4 nitrogen and oxygen atoms in total. The normalized spacial score (nSPS) is 15.2. The predicted molar refractivity (Wildman–Crippen MR) is 116 cm³/mol. The summed E-state index contributed by atoms with van der Waals surface area (Å²) in [5.74, 6) is -0.276. The van der Waals surface area contributed by atoms with Crippen molar-refractivity contribution >= 4 is 11.4 Å². The quantitative estimate of drug-likeness (QED) is 0.688. The molecule has 1 atom stereocenters. The highest BCUT2D eigenvalue weighted by Crippen LogP contribution is 2.38. The predicted octanol–water partition coefficient (Wildman–Crippen LogP) is 4.93. The van der Waals surface area contributed by atoms with Crippen LogP contribution in [0.2, 0.25) is 0 Å². The highest BCUT2D eigenvalue weighted by molar-refractivity contribution is 6.17. The summed E-state index contributed by atoms with van der Waals surface area (Å²) < 4.78 is 15.1. The Balaban J connectivity index is 1.98. The van der Waals surface area contributed by atoms with E-state index in [2.05, 4.69) is 24.4 Å². The molecule has 0 radical (unpaired) electrons. The van der Waals surface area contributed by atoms with Crippen molar-refractivity contribution < 1.29 is 4.39 Å². The zero-order valence-electron chi connectivity index (χ0n) is 16.9. The third-order valence-electron chi connectivity index (χ3n) is 5.29. The molecule has 3 aromatic rings. The SMILES string of the molecule is CCCNc1ccc2c(c1)-c1cn(C)c(=O)cc1[C@H](C)N=C2c1ccc(F)cc1. The van der Waals surface area contributed by atoms with E-state index in [0.717, 1.165) is 52.2 Å². The molecule has 0 saturated heterocycles. The molecule has 0 fully saturated rings. The first-order valence-corrected chi connectivity index (χ1v) is 9.91. The van der Waals surface area contributed by atoms with Crippen LogP contribution in [0.3, 0.4) is 0 Å². The molecule has 29 heavy (non-hydrogen) atoms. The maximum absolute atomic E-state index is 13.5. The van der Waals surface area contributed by atoms with E-state index in [4.69, 9.17) is 4.99 Å². The first-order valence-electron chi connectivity index (χ1n) is 9.91. The molecule has 0 saturated carbocycles. The van der Waals surface area contributed by atoms with Gasteiger partial charge in [0.2, 0.25) is 0 Å². The molecular formula is C24H24FN3O. The van der Waals surface area contributed by atoms with Crippen LogP contribution >= 0.6 is 0 Å². The molecule has 5 heteroatoms. The molecule has 0 spiro atoms. The Bertz CT molecular complexity index is 1150. The first kappa shape index (κ1) is 19.1. The van der Waals surface area contributed by atoms with Gasteiger partial charge >= 0.3 is 0 Å². The van der Waals surface area contributed by atoms with E-state index in [1.54, 1.807) is 29.8 Å². The first-order chi connectivity index (χ1) is 14.0. The molecule has 4 rings (SSSR count). The Kier molecular flexibility index (Phi) is 5.05. The molecule has 0 amide bonds. The Morgan fingerprint density at radius 2 is 1.83 bits per heavy atom. The number of pyridine rings is 1. The van der Waals surface area contributed by atoms with E-state index in [0.29, 0.717) is 0 Å². The van der Waals surface area contributed by atoms with Crippen molar-refractivity contribution in [1.82, 2.24) is 4.57 Å². The van der Waals surface area contributed by atoms with Crippen LogP contribution in [-0.2, 0) is 7.05 Å². The van der Waals surface area contributed by atoms with Gasteiger partial charge in [0.1, 0.15) is 5.82 Å². The minimum atomic E-state index is -0.276. The Morgan fingerprint density at radius 1 is 1.07 bits per heavy atom. The number of fused-ring (bicyclic) bond motifs is 3. The smallest absolute Gasteiger partial charge is 0.250 e. The molecule has 0 aliphatic carbocycles. The number of aliphatic imine (C=N–C) groups is 1. The second-order valence-electron chi connectivity index (χ2n) is 7.44. The van der Waals surface area contributed by atoms with E-state index >= 15 is 0 Å². The third-order valence-corrected chi connectivity index (χ3v) is 5.29. The summed E-state index contributed by atoms with van der Waals surface area (Å²) >= 11 is 0. The van der Waals surface area contributed by atoms with Gasteiger partial charge in [-0.25, -0.2) is 4.39 Å². The van der Waals surface area contributed by atoms with Crippen molar-refractivity contribution in [2.45, 2.75) is 26.3 Å². The van der Waals surface area contributed by atoms with Crippen LogP contribution in [-0.4, -0.2) is 16.8 Å². The second kappa shape index (κ2) is 7.66. The largest absolute Gasteiger partial charge is 0.385 e. The van der Waals surface area contributed by atoms with Gasteiger partial charge in [0, 0.05) is 48.2 Å². The van der Waals surface area contributed by atoms with Crippen molar-refractivity contribution in [1.29, 1.82) is 0 Å². The van der Waals surface area contributed by atoms with Crippen LogP contribution in [0.15, 0.2) is 64.5 Å². The van der Waals surface area contributed by atoms with Crippen LogP contribution in [0.5, 0.6) is 0 Å². The third kappa shape index (κ3) is 3.60. The average Bonchev–Trinajstić information content (AvgIpc) is 2.83. The number of aromatic nitrogens is 1. The minimum Gasteiger partial charge on any atom is -0.385 e. The summed E-state index contributed by atoms with van der Waals surface area (Å²) in [4.78, 5) is 17.3. The number of aryl methyl sites for hydroxylation is 1. The van der Waals surface area contributed by atoms with Gasteiger partial charge in [-0.3, -0.25) is 9.79 Å². The summed E-state index contributed by atoms with van der Waals surface area (Å²) in [7, 11) is 1.76. The van der Waals surface area contributed by atoms with E-state index < -0.39 is 0 Å². The maximum atomic E-state index is 13.5. The number of hydrogen-bond acceptors (Lipinski definition) is 3. The summed E-state index contributed by atoms with van der Waals surface area (Å²) in [5.41, 5.74) is 6.52. The molecule has 1 aliphatic heterocycles. The van der Waals surface area contributed by atoms with E-state index in [1.807, 2.05) is 19.2 Å². The number of nitrogens with one attached hydrogen (secondary N) is 1. The van der Waals surface area contributed by atoms with Gasteiger partial charge in [-0.1, -0.05) is 13.0 Å². The Morgan fingerprint density at radius 3 is 2.55 bits per heavy atom. The van der Waals surface area contributed by atoms with Gasteiger partial charge in [-0.2, -0.15) is 0 Å². The monoisotopic (exact) mass is 389 g/mol. The zero-order valence-corrected chi connectivity index (χ0v) is 16.9. The summed E-state index contributed by atoms with van der Waals surface area (Å²) in [6, 6.07) is 14.1. The van der Waals surface area contributed by atoms with E-state index in [-0.39, 0.29) is 17.4 Å².